The molecule has 5 amide bonds. The number of aliphatic hydroxyl groups is 2. The van der Waals surface area contributed by atoms with Crippen LogP contribution in [0.5, 0.6) is 5.75 Å². The van der Waals surface area contributed by atoms with E-state index in [1.807, 2.05) is 19.1 Å². The van der Waals surface area contributed by atoms with Crippen LogP contribution in [0.1, 0.15) is 82.8 Å². The van der Waals surface area contributed by atoms with Crippen molar-refractivity contribution in [1.29, 1.82) is 0 Å². The summed E-state index contributed by atoms with van der Waals surface area (Å²) >= 11 is 0. The number of hydrogen-bond donors (Lipinski definition) is 6. The SMILES string of the molecule is C[C@H](NC(=O)CCN1C(=O)C=CC1=O)C(=O)N[C@@H](C)C(=O)Nc1cccc(Cc2ccc([C@@H]3OC4C[C@H]5[C@@H]6CCC7=CC(=O)C=C[C@]7(C)[C@H]6[C@@H](O)C[C@]5(C)[C@]4(C(=O)CO)O3)cc2O)c1. The van der Waals surface area contributed by atoms with Crippen LogP contribution in [0.25, 0.3) is 0 Å². The summed E-state index contributed by atoms with van der Waals surface area (Å²) in [4.78, 5) is 88.8. The van der Waals surface area contributed by atoms with E-state index < -0.39 is 88.9 Å². The lowest BCUT2D eigenvalue weighted by Crippen LogP contribution is -2.63. The van der Waals surface area contributed by atoms with Gasteiger partial charge in [-0.2, -0.15) is 0 Å². The zero-order valence-corrected chi connectivity index (χ0v) is 36.2. The smallest absolute Gasteiger partial charge is 0.253 e. The molecular formula is C48H54N4O12. The number of phenolic OH excluding ortho intramolecular Hbond substituents is 1. The molecule has 64 heavy (non-hydrogen) atoms. The van der Waals surface area contributed by atoms with Crippen LogP contribution in [0.4, 0.5) is 5.69 Å². The van der Waals surface area contributed by atoms with Gasteiger partial charge in [0.1, 0.15) is 24.4 Å². The number of carbonyl (C=O) groups excluding carboxylic acids is 7. The average Bonchev–Trinajstić information content (AvgIpc) is 3.88. The maximum absolute atomic E-state index is 14.0. The van der Waals surface area contributed by atoms with Crippen LogP contribution in [0.3, 0.4) is 0 Å². The van der Waals surface area contributed by atoms with E-state index >= 15 is 0 Å². The molecule has 4 fully saturated rings. The van der Waals surface area contributed by atoms with Gasteiger partial charge < -0.3 is 40.7 Å². The molecule has 16 heteroatoms. The van der Waals surface area contributed by atoms with Crippen LogP contribution in [-0.2, 0) is 49.5 Å². The molecule has 0 aromatic heterocycles. The number of benzene rings is 2. The number of ether oxygens (including phenoxy) is 2. The van der Waals surface area contributed by atoms with Crippen LogP contribution in [0.15, 0.2) is 78.4 Å². The van der Waals surface area contributed by atoms with Crippen molar-refractivity contribution < 1.29 is 58.4 Å². The van der Waals surface area contributed by atoms with Gasteiger partial charge in [0.15, 0.2) is 23.5 Å². The van der Waals surface area contributed by atoms with E-state index in [1.165, 1.54) is 19.9 Å². The summed E-state index contributed by atoms with van der Waals surface area (Å²) in [5.41, 5.74) is 0.343. The van der Waals surface area contributed by atoms with E-state index in [4.69, 9.17) is 9.47 Å². The van der Waals surface area contributed by atoms with E-state index in [0.29, 0.717) is 29.7 Å². The third-order valence-electron chi connectivity index (χ3n) is 14.8. The summed E-state index contributed by atoms with van der Waals surface area (Å²) in [7, 11) is 0. The van der Waals surface area contributed by atoms with Crippen LogP contribution in [0.2, 0.25) is 0 Å². The van der Waals surface area contributed by atoms with E-state index in [1.54, 1.807) is 42.5 Å². The minimum absolute atomic E-state index is 0.0162. The van der Waals surface area contributed by atoms with Gasteiger partial charge in [0, 0.05) is 59.5 Å². The Hall–Kier alpha value is -5.81. The Kier molecular flexibility index (Phi) is 11.9. The van der Waals surface area contributed by atoms with Crippen molar-refractivity contribution >= 4 is 46.8 Å². The fraction of sp³-hybridized carbons (Fsp3) is 0.479. The quantitative estimate of drug-likeness (QED) is 0.159. The van der Waals surface area contributed by atoms with Crippen LogP contribution >= 0.6 is 0 Å². The van der Waals surface area contributed by atoms with Gasteiger partial charge >= 0.3 is 0 Å². The van der Waals surface area contributed by atoms with Gasteiger partial charge in [-0.1, -0.05) is 49.8 Å². The van der Waals surface area contributed by atoms with E-state index in [0.717, 1.165) is 34.6 Å². The number of imide groups is 1. The molecular weight excluding hydrogens is 825 g/mol. The second-order valence-electron chi connectivity index (χ2n) is 18.5. The number of ketones is 2. The monoisotopic (exact) mass is 878 g/mol. The summed E-state index contributed by atoms with van der Waals surface area (Å²) in [5.74, 6) is -3.53. The number of hydrogen-bond acceptors (Lipinski definition) is 12. The first kappa shape index (κ1) is 44.8. The fourth-order valence-electron chi connectivity index (χ4n) is 11.6. The first-order valence-electron chi connectivity index (χ1n) is 21.8. The van der Waals surface area contributed by atoms with Crippen molar-refractivity contribution in [3.05, 3.63) is 95.1 Å². The van der Waals surface area contributed by atoms with Crippen molar-refractivity contribution in [3.8, 4) is 5.75 Å². The standard InChI is InChI=1S/C48H54N4O12/c1-25(49-39(58)15-17-52-40(59)12-13-41(52)60)43(61)50-26(2)44(62)51-31-7-5-6-27(19-31)18-28-8-9-29(20-35(28)55)45-63-38-22-34-33-11-10-30-21-32(54)14-16-46(30,3)42(33)36(56)23-47(34,4)48(38,64-45)37(57)24-53/h5-9,12-14,16,19-21,25-26,33-34,36,38,42,45,53,55-56H,10-11,15,17-18,22-24H2,1-4H3,(H,49,58)(H,50,61)(H,51,62)/t25-,26-,33-,34-,36-,38?,42+,45+,46-,47-,48+/m0/s1. The number of anilines is 1. The number of amides is 5. The Morgan fingerprint density at radius 3 is 2.41 bits per heavy atom. The lowest BCUT2D eigenvalue weighted by molar-refractivity contribution is -0.201. The van der Waals surface area contributed by atoms with Crippen molar-refractivity contribution in [2.75, 3.05) is 18.5 Å². The summed E-state index contributed by atoms with van der Waals surface area (Å²) in [6, 6.07) is 10.00. The molecule has 16 nitrogen and oxygen atoms in total. The zero-order valence-electron chi connectivity index (χ0n) is 36.2. The maximum Gasteiger partial charge on any atom is 0.253 e. The Morgan fingerprint density at radius 1 is 0.953 bits per heavy atom. The average molecular weight is 879 g/mol. The topological polar surface area (TPSA) is 238 Å². The molecule has 2 aromatic carbocycles. The number of nitrogens with one attached hydrogen (secondary N) is 3. The number of aromatic hydroxyl groups is 1. The molecule has 2 heterocycles. The first-order chi connectivity index (χ1) is 30.4. The third-order valence-corrected chi connectivity index (χ3v) is 14.8. The number of aliphatic hydroxyl groups excluding tert-OH is 2. The second kappa shape index (κ2) is 17.0. The minimum Gasteiger partial charge on any atom is -0.508 e. The first-order valence-corrected chi connectivity index (χ1v) is 21.8. The van der Waals surface area contributed by atoms with Gasteiger partial charge in [-0.25, -0.2) is 0 Å². The number of nitrogens with zero attached hydrogens (tertiary/aromatic N) is 1. The van der Waals surface area contributed by atoms with Gasteiger partial charge in [0.05, 0.1) is 12.2 Å². The predicted molar refractivity (Wildman–Crippen MR) is 229 cm³/mol. The van der Waals surface area contributed by atoms with E-state index in [-0.39, 0.29) is 55.1 Å². The Labute approximate surface area is 370 Å². The van der Waals surface area contributed by atoms with Crippen molar-refractivity contribution in [3.63, 3.8) is 0 Å². The summed E-state index contributed by atoms with van der Waals surface area (Å²) in [6.07, 6.45) is 7.15. The summed E-state index contributed by atoms with van der Waals surface area (Å²) < 4.78 is 13.3. The molecule has 11 atom stereocenters. The van der Waals surface area contributed by atoms with Crippen molar-refractivity contribution in [2.24, 2.45) is 28.6 Å². The Balaban J connectivity index is 0.887. The lowest BCUT2D eigenvalue weighted by Gasteiger charge is -2.59. The molecule has 338 valence electrons. The largest absolute Gasteiger partial charge is 0.508 e. The summed E-state index contributed by atoms with van der Waals surface area (Å²) in [6.45, 7) is 6.09. The normalized spacial score (nSPS) is 32.2. The second-order valence-corrected chi connectivity index (χ2v) is 18.5. The minimum atomic E-state index is -1.54. The number of Topliss-reactive ketones (excluding diaryl/α,β-unsaturated/α-hetero) is 1. The number of rotatable bonds is 13. The Morgan fingerprint density at radius 2 is 1.69 bits per heavy atom. The van der Waals surface area contributed by atoms with Crippen LogP contribution < -0.4 is 16.0 Å². The highest BCUT2D eigenvalue weighted by molar-refractivity contribution is 6.13. The highest BCUT2D eigenvalue weighted by Crippen LogP contribution is 2.70. The summed E-state index contributed by atoms with van der Waals surface area (Å²) in [5, 5.41) is 41.4. The number of carbonyl (C=O) groups is 7. The lowest BCUT2D eigenvalue weighted by atomic mass is 9.46. The number of phenols is 1. The highest BCUT2D eigenvalue weighted by atomic mass is 16.7. The molecule has 2 aliphatic heterocycles. The van der Waals surface area contributed by atoms with Gasteiger partial charge in [-0.15, -0.1) is 0 Å². The molecule has 1 unspecified atom stereocenters. The van der Waals surface area contributed by atoms with Gasteiger partial charge in [0.2, 0.25) is 17.7 Å². The molecule has 1 saturated heterocycles. The van der Waals surface area contributed by atoms with Gasteiger partial charge in [0.25, 0.3) is 11.8 Å². The molecule has 6 aliphatic rings. The molecule has 8 rings (SSSR count). The van der Waals surface area contributed by atoms with Crippen LogP contribution in [0, 0.1) is 28.6 Å². The van der Waals surface area contributed by atoms with E-state index in [9.17, 15) is 48.9 Å². The van der Waals surface area contributed by atoms with Gasteiger partial charge in [-0.3, -0.25) is 38.5 Å². The molecule has 6 N–H and O–H groups in total. The highest BCUT2D eigenvalue weighted by Gasteiger charge is 2.76. The maximum atomic E-state index is 14.0. The molecule has 0 spiro atoms. The molecule has 0 bridgehead atoms. The van der Waals surface area contributed by atoms with Gasteiger partial charge in [-0.05, 0) is 92.8 Å². The van der Waals surface area contributed by atoms with Crippen molar-refractivity contribution in [2.45, 2.75) is 102 Å². The fourth-order valence-corrected chi connectivity index (χ4v) is 11.6. The zero-order chi connectivity index (χ0) is 45.9. The molecule has 3 saturated carbocycles. The van der Waals surface area contributed by atoms with E-state index in [2.05, 4.69) is 22.9 Å². The van der Waals surface area contributed by atoms with Crippen LogP contribution in [-0.4, -0.2) is 104 Å². The molecule has 4 aliphatic carbocycles. The number of fused-ring (bicyclic) bond motifs is 7. The Bertz CT molecular complexity index is 2390. The molecule has 2 aromatic rings. The van der Waals surface area contributed by atoms with Crippen molar-refractivity contribution in [1.82, 2.24) is 15.5 Å². The number of allylic oxidation sites excluding steroid dienone is 4. The molecule has 0 radical (unpaired) electrons. The third kappa shape index (κ3) is 7.69. The predicted octanol–water partition coefficient (Wildman–Crippen LogP) is 2.85.